The van der Waals surface area contributed by atoms with E-state index in [1.54, 1.807) is 15.8 Å². The van der Waals surface area contributed by atoms with Gasteiger partial charge in [-0.2, -0.15) is 4.31 Å². The number of amides is 1. The molecule has 0 saturated carbocycles. The van der Waals surface area contributed by atoms with Gasteiger partial charge in [-0.3, -0.25) is 4.79 Å². The van der Waals surface area contributed by atoms with Crippen LogP contribution in [0.1, 0.15) is 21.6 Å². The van der Waals surface area contributed by atoms with Crippen LogP contribution in [0.4, 0.5) is 0 Å². The van der Waals surface area contributed by atoms with E-state index >= 15 is 0 Å². The fraction of sp³-hybridized carbons (Fsp3) is 0.375. The Labute approximate surface area is 145 Å². The quantitative estimate of drug-likeness (QED) is 0.827. The molecule has 1 amide bonds. The Morgan fingerprint density at radius 1 is 1.25 bits per heavy atom. The zero-order valence-corrected chi connectivity index (χ0v) is 15.0. The summed E-state index contributed by atoms with van der Waals surface area (Å²) in [5, 5.41) is 1.71. The van der Waals surface area contributed by atoms with Gasteiger partial charge in [-0.05, 0) is 12.5 Å². The Hall–Kier alpha value is -1.77. The number of aryl methyl sites for hydroxylation is 1. The maximum Gasteiger partial charge on any atom is 0.273 e. The lowest BCUT2D eigenvalue weighted by molar-refractivity contribution is 0.0692. The van der Waals surface area contributed by atoms with Crippen molar-refractivity contribution in [3.8, 4) is 0 Å². The Kier molecular flexibility index (Phi) is 4.98. The van der Waals surface area contributed by atoms with Crippen LogP contribution >= 0.6 is 11.3 Å². The van der Waals surface area contributed by atoms with Gasteiger partial charge in [0.2, 0.25) is 10.0 Å². The fourth-order valence-electron chi connectivity index (χ4n) is 2.75. The van der Waals surface area contributed by atoms with Crippen molar-refractivity contribution in [3.63, 3.8) is 0 Å². The molecule has 1 aromatic carbocycles. The molecule has 0 unspecified atom stereocenters. The van der Waals surface area contributed by atoms with Crippen LogP contribution in [-0.2, 0) is 15.8 Å². The minimum absolute atomic E-state index is 0.00525. The molecule has 128 valence electrons. The molecule has 0 atom stereocenters. The summed E-state index contributed by atoms with van der Waals surface area (Å²) in [5.41, 5.74) is 3.88. The summed E-state index contributed by atoms with van der Waals surface area (Å²) in [7, 11) is -3.37. The summed E-state index contributed by atoms with van der Waals surface area (Å²) in [4.78, 5) is 17.9. The predicted molar refractivity (Wildman–Crippen MR) is 93.4 cm³/mol. The Bertz CT molecular complexity index is 811. The first-order valence-electron chi connectivity index (χ1n) is 7.66. The van der Waals surface area contributed by atoms with Gasteiger partial charge in [0, 0.05) is 31.6 Å². The van der Waals surface area contributed by atoms with Crippen molar-refractivity contribution < 1.29 is 13.2 Å². The largest absolute Gasteiger partial charge is 0.335 e. The van der Waals surface area contributed by atoms with Crippen LogP contribution in [-0.4, -0.2) is 54.7 Å². The Balaban J connectivity index is 1.62. The molecule has 0 N–H and O–H groups in total. The highest BCUT2D eigenvalue weighted by Gasteiger charge is 2.29. The summed E-state index contributed by atoms with van der Waals surface area (Å²) in [6.07, 6.45) is 0. The first kappa shape index (κ1) is 17.1. The van der Waals surface area contributed by atoms with Crippen LogP contribution in [0.25, 0.3) is 0 Å². The average Bonchev–Trinajstić information content (AvgIpc) is 3.08. The standard InChI is InChI=1S/C16H19N3O3S2/c1-13-3-2-4-14(9-13)11-24(21,22)19-7-5-18(6-8-19)16(20)15-10-23-12-17-15/h2-4,9-10,12H,5-8,11H2,1H3. The molecule has 1 aliphatic rings. The van der Waals surface area contributed by atoms with E-state index < -0.39 is 10.0 Å². The van der Waals surface area contributed by atoms with Gasteiger partial charge in [-0.15, -0.1) is 11.3 Å². The van der Waals surface area contributed by atoms with Crippen molar-refractivity contribution in [3.05, 3.63) is 52.0 Å². The highest BCUT2D eigenvalue weighted by Crippen LogP contribution is 2.16. The summed E-state index contributed by atoms with van der Waals surface area (Å²) >= 11 is 1.37. The molecular weight excluding hydrogens is 346 g/mol. The molecule has 24 heavy (non-hydrogen) atoms. The fourth-order valence-corrected chi connectivity index (χ4v) is 4.78. The molecule has 2 heterocycles. The van der Waals surface area contributed by atoms with Crippen molar-refractivity contribution in [1.82, 2.24) is 14.2 Å². The maximum absolute atomic E-state index is 12.6. The lowest BCUT2D eigenvalue weighted by Gasteiger charge is -2.33. The normalized spacial score (nSPS) is 16.3. The van der Waals surface area contributed by atoms with Gasteiger partial charge in [0.25, 0.3) is 5.91 Å². The second-order valence-electron chi connectivity index (χ2n) is 5.81. The summed E-state index contributed by atoms with van der Waals surface area (Å²) in [5.74, 6) is -0.138. The molecule has 6 nitrogen and oxygen atoms in total. The number of hydrogen-bond donors (Lipinski definition) is 0. The number of carbonyl (C=O) groups excluding carboxylic acids is 1. The molecule has 1 aromatic heterocycles. The first-order valence-corrected chi connectivity index (χ1v) is 10.2. The van der Waals surface area contributed by atoms with E-state index in [9.17, 15) is 13.2 Å². The number of aromatic nitrogens is 1. The highest BCUT2D eigenvalue weighted by atomic mass is 32.2. The summed E-state index contributed by atoms with van der Waals surface area (Å²) in [6.45, 7) is 3.37. The van der Waals surface area contributed by atoms with Gasteiger partial charge in [-0.25, -0.2) is 13.4 Å². The number of nitrogens with zero attached hydrogens (tertiary/aromatic N) is 3. The van der Waals surface area contributed by atoms with Crippen LogP contribution in [0.2, 0.25) is 0 Å². The second kappa shape index (κ2) is 7.00. The number of rotatable bonds is 4. The molecule has 1 saturated heterocycles. The highest BCUT2D eigenvalue weighted by molar-refractivity contribution is 7.88. The zero-order valence-electron chi connectivity index (χ0n) is 13.4. The second-order valence-corrected chi connectivity index (χ2v) is 8.50. The van der Waals surface area contributed by atoms with Gasteiger partial charge < -0.3 is 4.90 Å². The molecule has 0 aliphatic carbocycles. The van der Waals surface area contributed by atoms with E-state index in [4.69, 9.17) is 0 Å². The van der Waals surface area contributed by atoms with E-state index in [1.165, 1.54) is 15.6 Å². The molecule has 0 radical (unpaired) electrons. The van der Waals surface area contributed by atoms with E-state index in [0.29, 0.717) is 31.9 Å². The van der Waals surface area contributed by atoms with Gasteiger partial charge in [0.05, 0.1) is 11.3 Å². The van der Waals surface area contributed by atoms with Crippen LogP contribution in [0, 0.1) is 6.92 Å². The van der Waals surface area contributed by atoms with Crippen molar-refractivity contribution in [2.45, 2.75) is 12.7 Å². The predicted octanol–water partition coefficient (Wildman–Crippen LogP) is 1.74. The van der Waals surface area contributed by atoms with Crippen LogP contribution in [0.5, 0.6) is 0 Å². The lowest BCUT2D eigenvalue weighted by Crippen LogP contribution is -2.50. The van der Waals surface area contributed by atoms with Crippen molar-refractivity contribution >= 4 is 27.3 Å². The molecule has 2 aromatic rings. The summed E-state index contributed by atoms with van der Waals surface area (Å²) in [6, 6.07) is 7.52. The third kappa shape index (κ3) is 3.82. The van der Waals surface area contributed by atoms with E-state index in [0.717, 1.165) is 11.1 Å². The third-order valence-corrected chi connectivity index (χ3v) is 6.44. The van der Waals surface area contributed by atoms with Crippen molar-refractivity contribution in [2.24, 2.45) is 0 Å². The minimum atomic E-state index is -3.37. The van der Waals surface area contributed by atoms with Crippen LogP contribution in [0.3, 0.4) is 0 Å². The number of piperazine rings is 1. The topological polar surface area (TPSA) is 70.6 Å². The third-order valence-electron chi connectivity index (χ3n) is 4.00. The van der Waals surface area contributed by atoms with E-state index in [1.807, 2.05) is 31.2 Å². The van der Waals surface area contributed by atoms with E-state index in [-0.39, 0.29) is 11.7 Å². The summed E-state index contributed by atoms with van der Waals surface area (Å²) < 4.78 is 26.6. The SMILES string of the molecule is Cc1cccc(CS(=O)(=O)N2CCN(C(=O)c3cscn3)CC2)c1. The zero-order chi connectivity index (χ0) is 17.2. The van der Waals surface area contributed by atoms with Gasteiger partial charge >= 0.3 is 0 Å². The molecule has 8 heteroatoms. The first-order chi connectivity index (χ1) is 11.5. The maximum atomic E-state index is 12.6. The Morgan fingerprint density at radius 2 is 2.00 bits per heavy atom. The number of sulfonamides is 1. The smallest absolute Gasteiger partial charge is 0.273 e. The van der Waals surface area contributed by atoms with Crippen LogP contribution < -0.4 is 0 Å². The number of thiazole rings is 1. The van der Waals surface area contributed by atoms with Crippen LogP contribution in [0.15, 0.2) is 35.2 Å². The van der Waals surface area contributed by atoms with Crippen molar-refractivity contribution in [2.75, 3.05) is 26.2 Å². The molecule has 0 spiro atoms. The monoisotopic (exact) mass is 365 g/mol. The lowest BCUT2D eigenvalue weighted by atomic mass is 10.2. The molecule has 0 bridgehead atoms. The number of benzene rings is 1. The minimum Gasteiger partial charge on any atom is -0.335 e. The van der Waals surface area contributed by atoms with Crippen molar-refractivity contribution in [1.29, 1.82) is 0 Å². The number of carbonyl (C=O) groups is 1. The molecule has 1 fully saturated rings. The molecule has 3 rings (SSSR count). The Morgan fingerprint density at radius 3 is 2.62 bits per heavy atom. The van der Waals surface area contributed by atoms with E-state index in [2.05, 4.69) is 4.98 Å². The van der Waals surface area contributed by atoms with Gasteiger partial charge in [-0.1, -0.05) is 29.8 Å². The van der Waals surface area contributed by atoms with Gasteiger partial charge in [0.15, 0.2) is 0 Å². The molecule has 1 aliphatic heterocycles. The van der Waals surface area contributed by atoms with Gasteiger partial charge in [0.1, 0.15) is 5.69 Å². The molecular formula is C16H19N3O3S2. The average molecular weight is 365 g/mol. The number of hydrogen-bond acceptors (Lipinski definition) is 5.